The van der Waals surface area contributed by atoms with E-state index in [0.717, 1.165) is 57.6 Å². The summed E-state index contributed by atoms with van der Waals surface area (Å²) in [7, 11) is 1.73. The molecule has 1 aromatic carbocycles. The van der Waals surface area contributed by atoms with Crippen LogP contribution < -0.4 is 9.64 Å². The summed E-state index contributed by atoms with van der Waals surface area (Å²) in [5.41, 5.74) is 1.01. The van der Waals surface area contributed by atoms with Crippen LogP contribution in [0.5, 0.6) is 5.75 Å². The molecule has 0 saturated carbocycles. The first-order valence-corrected chi connectivity index (χ1v) is 8.12. The zero-order valence-electron chi connectivity index (χ0n) is 14.0. The summed E-state index contributed by atoms with van der Waals surface area (Å²) in [6.07, 6.45) is 3.12. The largest absolute Gasteiger partial charge is 0.495 e. The van der Waals surface area contributed by atoms with Crippen LogP contribution in [0.4, 0.5) is 5.69 Å². The SMILES string of the molecule is COc1ccccc1N1CCN(CCCC(C)(C)C=O)CC1. The average molecular weight is 304 g/mol. The molecule has 1 saturated heterocycles. The number of hydrogen-bond donors (Lipinski definition) is 0. The smallest absolute Gasteiger partial charge is 0.142 e. The van der Waals surface area contributed by atoms with Crippen LogP contribution in [0.3, 0.4) is 0 Å². The highest BCUT2D eigenvalue weighted by Crippen LogP contribution is 2.28. The third kappa shape index (κ3) is 4.47. The lowest BCUT2D eigenvalue weighted by atomic mass is 9.90. The Kier molecular flexibility index (Phi) is 5.83. The monoisotopic (exact) mass is 304 g/mol. The summed E-state index contributed by atoms with van der Waals surface area (Å²) in [4.78, 5) is 15.8. The lowest BCUT2D eigenvalue weighted by Gasteiger charge is -2.36. The third-order valence-electron chi connectivity index (χ3n) is 4.41. The van der Waals surface area contributed by atoms with Crippen molar-refractivity contribution in [3.05, 3.63) is 24.3 Å². The van der Waals surface area contributed by atoms with Crippen LogP contribution in [0.25, 0.3) is 0 Å². The summed E-state index contributed by atoms with van der Waals surface area (Å²) in [6, 6.07) is 8.21. The number of carbonyl (C=O) groups is 1. The molecule has 22 heavy (non-hydrogen) atoms. The third-order valence-corrected chi connectivity index (χ3v) is 4.41. The van der Waals surface area contributed by atoms with E-state index in [4.69, 9.17) is 4.74 Å². The van der Waals surface area contributed by atoms with Crippen LogP contribution in [0.15, 0.2) is 24.3 Å². The van der Waals surface area contributed by atoms with Gasteiger partial charge in [-0.05, 0) is 31.5 Å². The molecule has 2 rings (SSSR count). The van der Waals surface area contributed by atoms with Gasteiger partial charge in [-0.3, -0.25) is 4.90 Å². The number of aldehydes is 1. The quantitative estimate of drug-likeness (QED) is 0.725. The second-order valence-electron chi connectivity index (χ2n) is 6.71. The predicted molar refractivity (Wildman–Crippen MR) is 90.7 cm³/mol. The Morgan fingerprint density at radius 2 is 1.86 bits per heavy atom. The van der Waals surface area contributed by atoms with Crippen molar-refractivity contribution in [2.45, 2.75) is 26.7 Å². The minimum atomic E-state index is -0.181. The normalized spacial score (nSPS) is 16.6. The first kappa shape index (κ1) is 16.8. The van der Waals surface area contributed by atoms with E-state index in [1.807, 2.05) is 26.0 Å². The molecule has 1 fully saturated rings. The molecule has 1 heterocycles. The molecule has 0 unspecified atom stereocenters. The molecule has 1 aliphatic rings. The first-order valence-electron chi connectivity index (χ1n) is 8.12. The summed E-state index contributed by atoms with van der Waals surface area (Å²) in [6.45, 7) is 9.30. The molecule has 0 atom stereocenters. The van der Waals surface area contributed by atoms with Crippen molar-refractivity contribution in [1.29, 1.82) is 0 Å². The molecule has 0 N–H and O–H groups in total. The van der Waals surface area contributed by atoms with E-state index in [-0.39, 0.29) is 5.41 Å². The molecular weight excluding hydrogens is 276 g/mol. The Morgan fingerprint density at radius 1 is 1.18 bits per heavy atom. The summed E-state index contributed by atoms with van der Waals surface area (Å²) >= 11 is 0. The van der Waals surface area contributed by atoms with E-state index >= 15 is 0 Å². The standard InChI is InChI=1S/C18H28N2O2/c1-18(2,15-21)9-6-10-19-11-13-20(14-12-19)16-7-4-5-8-17(16)22-3/h4-5,7-8,15H,6,9-14H2,1-3H3. The predicted octanol–water partition coefficient (Wildman–Crippen LogP) is 2.82. The van der Waals surface area contributed by atoms with Gasteiger partial charge in [0.1, 0.15) is 12.0 Å². The van der Waals surface area contributed by atoms with Crippen LogP contribution in [0, 0.1) is 5.41 Å². The van der Waals surface area contributed by atoms with E-state index in [9.17, 15) is 4.79 Å². The van der Waals surface area contributed by atoms with Crippen LogP contribution in [-0.4, -0.2) is 51.0 Å². The number of para-hydroxylation sites is 2. The lowest BCUT2D eigenvalue weighted by molar-refractivity contribution is -0.115. The second-order valence-corrected chi connectivity index (χ2v) is 6.71. The zero-order valence-corrected chi connectivity index (χ0v) is 14.0. The Bertz CT molecular complexity index is 480. The summed E-state index contributed by atoms with van der Waals surface area (Å²) in [5.74, 6) is 0.948. The minimum Gasteiger partial charge on any atom is -0.495 e. The zero-order chi connectivity index (χ0) is 16.0. The van der Waals surface area contributed by atoms with Gasteiger partial charge in [0.25, 0.3) is 0 Å². The maximum absolute atomic E-state index is 10.9. The highest BCUT2D eigenvalue weighted by atomic mass is 16.5. The molecule has 1 aliphatic heterocycles. The van der Waals surface area contributed by atoms with Gasteiger partial charge in [0, 0.05) is 31.6 Å². The number of carbonyl (C=O) groups excluding carboxylic acids is 1. The lowest BCUT2D eigenvalue weighted by Crippen LogP contribution is -2.46. The van der Waals surface area contributed by atoms with Crippen molar-refractivity contribution in [3.63, 3.8) is 0 Å². The fraction of sp³-hybridized carbons (Fsp3) is 0.611. The van der Waals surface area contributed by atoms with E-state index in [2.05, 4.69) is 21.9 Å². The van der Waals surface area contributed by atoms with Gasteiger partial charge in [0.15, 0.2) is 0 Å². The van der Waals surface area contributed by atoms with E-state index < -0.39 is 0 Å². The van der Waals surface area contributed by atoms with E-state index in [0.29, 0.717) is 0 Å². The second kappa shape index (κ2) is 7.63. The van der Waals surface area contributed by atoms with Gasteiger partial charge in [0.05, 0.1) is 12.8 Å². The van der Waals surface area contributed by atoms with E-state index in [1.165, 1.54) is 5.69 Å². The topological polar surface area (TPSA) is 32.8 Å². The summed E-state index contributed by atoms with van der Waals surface area (Å²) < 4.78 is 5.45. The number of benzene rings is 1. The maximum atomic E-state index is 10.9. The number of anilines is 1. The van der Waals surface area contributed by atoms with Gasteiger partial charge in [-0.2, -0.15) is 0 Å². The molecule has 4 nitrogen and oxygen atoms in total. The molecule has 0 spiro atoms. The number of piperazine rings is 1. The molecule has 0 amide bonds. The first-order chi connectivity index (χ1) is 10.6. The molecular formula is C18H28N2O2. The van der Waals surface area contributed by atoms with Crippen molar-refractivity contribution in [1.82, 2.24) is 4.90 Å². The molecule has 0 bridgehead atoms. The van der Waals surface area contributed by atoms with Crippen molar-refractivity contribution in [2.24, 2.45) is 5.41 Å². The number of hydrogen-bond acceptors (Lipinski definition) is 4. The van der Waals surface area contributed by atoms with Crippen LogP contribution in [-0.2, 0) is 4.79 Å². The Balaban J connectivity index is 1.79. The van der Waals surface area contributed by atoms with Gasteiger partial charge in [0.2, 0.25) is 0 Å². The fourth-order valence-electron chi connectivity index (χ4n) is 2.92. The Labute approximate surface area is 134 Å². The highest BCUT2D eigenvalue weighted by molar-refractivity contribution is 5.58. The van der Waals surface area contributed by atoms with Crippen molar-refractivity contribution < 1.29 is 9.53 Å². The van der Waals surface area contributed by atoms with E-state index in [1.54, 1.807) is 7.11 Å². The molecule has 122 valence electrons. The Hall–Kier alpha value is -1.55. The van der Waals surface area contributed by atoms with Crippen molar-refractivity contribution in [2.75, 3.05) is 44.7 Å². The number of nitrogens with zero attached hydrogens (tertiary/aromatic N) is 2. The van der Waals surface area contributed by atoms with Gasteiger partial charge >= 0.3 is 0 Å². The van der Waals surface area contributed by atoms with Crippen LogP contribution in [0.1, 0.15) is 26.7 Å². The number of methoxy groups -OCH3 is 1. The molecule has 0 aromatic heterocycles. The average Bonchev–Trinajstić information content (AvgIpc) is 2.55. The number of ether oxygens (including phenoxy) is 1. The molecule has 1 aromatic rings. The minimum absolute atomic E-state index is 0.181. The molecule has 4 heteroatoms. The van der Waals surface area contributed by atoms with Gasteiger partial charge in [-0.25, -0.2) is 0 Å². The van der Waals surface area contributed by atoms with Gasteiger partial charge in [-0.15, -0.1) is 0 Å². The molecule has 0 radical (unpaired) electrons. The molecule has 0 aliphatic carbocycles. The van der Waals surface area contributed by atoms with Crippen LogP contribution in [0.2, 0.25) is 0 Å². The van der Waals surface area contributed by atoms with Gasteiger partial charge < -0.3 is 14.4 Å². The number of rotatable bonds is 7. The van der Waals surface area contributed by atoms with Crippen LogP contribution >= 0.6 is 0 Å². The Morgan fingerprint density at radius 3 is 2.50 bits per heavy atom. The van der Waals surface area contributed by atoms with Crippen molar-refractivity contribution in [3.8, 4) is 5.75 Å². The maximum Gasteiger partial charge on any atom is 0.142 e. The van der Waals surface area contributed by atoms with Crippen molar-refractivity contribution >= 4 is 12.0 Å². The van der Waals surface area contributed by atoms with Gasteiger partial charge in [-0.1, -0.05) is 26.0 Å². The fourth-order valence-corrected chi connectivity index (χ4v) is 2.92. The highest BCUT2D eigenvalue weighted by Gasteiger charge is 2.21. The summed E-state index contributed by atoms with van der Waals surface area (Å²) in [5, 5.41) is 0.